The summed E-state index contributed by atoms with van der Waals surface area (Å²) in [6.45, 7) is 4.87. The lowest BCUT2D eigenvalue weighted by molar-refractivity contribution is 0.459. The largest absolute Gasteiger partial charge is 0.330 e. The van der Waals surface area contributed by atoms with Crippen LogP contribution in [0.25, 0.3) is 0 Å². The number of aromatic nitrogens is 3. The van der Waals surface area contributed by atoms with Crippen LogP contribution in [0.1, 0.15) is 26.1 Å². The molecular weight excluding hydrogens is 140 g/mol. The Morgan fingerprint density at radius 1 is 1.64 bits per heavy atom. The van der Waals surface area contributed by atoms with Gasteiger partial charge in [-0.2, -0.15) is 5.10 Å². The summed E-state index contributed by atoms with van der Waals surface area (Å²) in [4.78, 5) is 4.08. The van der Waals surface area contributed by atoms with E-state index < -0.39 is 0 Å². The third kappa shape index (κ3) is 1.77. The summed E-state index contributed by atoms with van der Waals surface area (Å²) in [7, 11) is 0. The monoisotopic (exact) mass is 154 g/mol. The molecule has 1 aromatic rings. The fraction of sp³-hybridized carbons (Fsp3) is 0.714. The molecule has 0 aromatic carbocycles. The van der Waals surface area contributed by atoms with E-state index in [4.69, 9.17) is 5.73 Å². The highest BCUT2D eigenvalue weighted by Crippen LogP contribution is 2.21. The highest BCUT2D eigenvalue weighted by molar-refractivity contribution is 5.00. The van der Waals surface area contributed by atoms with Gasteiger partial charge in [0.2, 0.25) is 0 Å². The van der Waals surface area contributed by atoms with E-state index in [0.29, 0.717) is 6.54 Å². The molecule has 3 N–H and O–H groups in total. The fourth-order valence-electron chi connectivity index (χ4n) is 1.01. The fourth-order valence-corrected chi connectivity index (χ4v) is 1.01. The average molecular weight is 154 g/mol. The normalized spacial score (nSPS) is 11.9. The first kappa shape index (κ1) is 8.20. The Labute approximate surface area is 66.2 Å². The summed E-state index contributed by atoms with van der Waals surface area (Å²) < 4.78 is 0. The molecule has 0 saturated carbocycles. The molecule has 1 heterocycles. The minimum atomic E-state index is 0.0191. The van der Waals surface area contributed by atoms with E-state index in [1.807, 2.05) is 0 Å². The van der Waals surface area contributed by atoms with Crippen LogP contribution in [0, 0.1) is 0 Å². The summed E-state index contributed by atoms with van der Waals surface area (Å²) in [5, 5.41) is 6.64. The summed E-state index contributed by atoms with van der Waals surface area (Å²) in [5.74, 6) is 0.906. The van der Waals surface area contributed by atoms with E-state index in [1.54, 1.807) is 0 Å². The van der Waals surface area contributed by atoms with E-state index >= 15 is 0 Å². The van der Waals surface area contributed by atoms with Gasteiger partial charge in [0, 0.05) is 5.41 Å². The Kier molecular flexibility index (Phi) is 2.24. The Balaban J connectivity index is 2.73. The standard InChI is InChI=1S/C7H14N4/c1-7(2,3-4-8)6-9-5-10-11-6/h5H,3-4,8H2,1-2H3,(H,9,10,11). The van der Waals surface area contributed by atoms with Gasteiger partial charge in [0.05, 0.1) is 0 Å². The van der Waals surface area contributed by atoms with Gasteiger partial charge in [0.25, 0.3) is 0 Å². The van der Waals surface area contributed by atoms with E-state index in [1.165, 1.54) is 6.33 Å². The van der Waals surface area contributed by atoms with Gasteiger partial charge in [-0.15, -0.1) is 0 Å². The van der Waals surface area contributed by atoms with E-state index in [2.05, 4.69) is 29.0 Å². The molecule has 4 heteroatoms. The van der Waals surface area contributed by atoms with Crippen molar-refractivity contribution < 1.29 is 0 Å². The molecule has 11 heavy (non-hydrogen) atoms. The highest BCUT2D eigenvalue weighted by atomic mass is 15.2. The molecule has 0 radical (unpaired) electrons. The second-order valence-corrected chi connectivity index (χ2v) is 3.26. The second kappa shape index (κ2) is 3.00. The summed E-state index contributed by atoms with van der Waals surface area (Å²) in [6, 6.07) is 0. The number of nitrogens with two attached hydrogens (primary N) is 1. The van der Waals surface area contributed by atoms with Crippen LogP contribution in [0.2, 0.25) is 0 Å². The van der Waals surface area contributed by atoms with Gasteiger partial charge in [-0.1, -0.05) is 13.8 Å². The summed E-state index contributed by atoms with van der Waals surface area (Å²) in [6.07, 6.45) is 2.44. The molecule has 62 valence electrons. The van der Waals surface area contributed by atoms with Gasteiger partial charge in [0.1, 0.15) is 12.2 Å². The third-order valence-corrected chi connectivity index (χ3v) is 1.83. The smallest absolute Gasteiger partial charge is 0.137 e. The van der Waals surface area contributed by atoms with Gasteiger partial charge in [-0.3, -0.25) is 5.10 Å². The molecule has 1 aromatic heterocycles. The maximum atomic E-state index is 5.46. The zero-order chi connectivity index (χ0) is 8.32. The van der Waals surface area contributed by atoms with Crippen molar-refractivity contribution in [3.05, 3.63) is 12.2 Å². The molecule has 1 rings (SSSR count). The number of hydrogen-bond donors (Lipinski definition) is 2. The van der Waals surface area contributed by atoms with Crippen molar-refractivity contribution in [2.75, 3.05) is 6.54 Å². The maximum Gasteiger partial charge on any atom is 0.137 e. The molecule has 0 aliphatic heterocycles. The number of nitrogens with one attached hydrogen (secondary N) is 1. The molecule has 0 fully saturated rings. The van der Waals surface area contributed by atoms with Crippen molar-refractivity contribution >= 4 is 0 Å². The van der Waals surface area contributed by atoms with E-state index in [9.17, 15) is 0 Å². The first-order valence-electron chi connectivity index (χ1n) is 3.73. The lowest BCUT2D eigenvalue weighted by Crippen LogP contribution is -2.23. The van der Waals surface area contributed by atoms with Crippen LogP contribution in [-0.4, -0.2) is 21.7 Å². The van der Waals surface area contributed by atoms with Crippen LogP contribution in [0.3, 0.4) is 0 Å². The zero-order valence-electron chi connectivity index (χ0n) is 6.96. The molecule has 0 saturated heterocycles. The number of nitrogens with zero attached hydrogens (tertiary/aromatic N) is 2. The van der Waals surface area contributed by atoms with Gasteiger partial charge in [0.15, 0.2) is 0 Å². The Morgan fingerprint density at radius 2 is 2.36 bits per heavy atom. The minimum absolute atomic E-state index is 0.0191. The van der Waals surface area contributed by atoms with Gasteiger partial charge >= 0.3 is 0 Å². The molecule has 0 aliphatic carbocycles. The lowest BCUT2D eigenvalue weighted by atomic mass is 9.89. The van der Waals surface area contributed by atoms with Crippen LogP contribution >= 0.6 is 0 Å². The lowest BCUT2D eigenvalue weighted by Gasteiger charge is -2.19. The van der Waals surface area contributed by atoms with Crippen molar-refractivity contribution in [1.82, 2.24) is 15.2 Å². The zero-order valence-corrected chi connectivity index (χ0v) is 6.96. The van der Waals surface area contributed by atoms with Gasteiger partial charge < -0.3 is 5.73 Å². The van der Waals surface area contributed by atoms with E-state index in [-0.39, 0.29) is 5.41 Å². The quantitative estimate of drug-likeness (QED) is 0.663. The maximum absolute atomic E-state index is 5.46. The Bertz CT molecular complexity index is 202. The molecule has 0 unspecified atom stereocenters. The van der Waals surface area contributed by atoms with Crippen molar-refractivity contribution in [1.29, 1.82) is 0 Å². The third-order valence-electron chi connectivity index (χ3n) is 1.83. The molecule has 0 aliphatic rings. The first-order valence-corrected chi connectivity index (χ1v) is 3.73. The van der Waals surface area contributed by atoms with Crippen molar-refractivity contribution in [3.8, 4) is 0 Å². The highest BCUT2D eigenvalue weighted by Gasteiger charge is 2.22. The van der Waals surface area contributed by atoms with E-state index in [0.717, 1.165) is 12.2 Å². The van der Waals surface area contributed by atoms with Crippen molar-refractivity contribution in [2.24, 2.45) is 5.73 Å². The predicted molar refractivity (Wildman–Crippen MR) is 43.1 cm³/mol. The first-order chi connectivity index (χ1) is 5.17. The topological polar surface area (TPSA) is 67.6 Å². The van der Waals surface area contributed by atoms with Crippen LogP contribution < -0.4 is 5.73 Å². The molecular formula is C7H14N4. The molecule has 0 bridgehead atoms. The van der Waals surface area contributed by atoms with Gasteiger partial charge in [-0.25, -0.2) is 4.98 Å². The number of hydrogen-bond acceptors (Lipinski definition) is 3. The molecule has 0 atom stereocenters. The predicted octanol–water partition coefficient (Wildman–Crippen LogP) is 0.431. The number of rotatable bonds is 3. The summed E-state index contributed by atoms with van der Waals surface area (Å²) in [5.41, 5.74) is 5.48. The summed E-state index contributed by atoms with van der Waals surface area (Å²) >= 11 is 0. The SMILES string of the molecule is CC(C)(CCN)c1ncn[nH]1. The van der Waals surface area contributed by atoms with Crippen LogP contribution in [0.15, 0.2) is 6.33 Å². The molecule has 4 nitrogen and oxygen atoms in total. The number of aromatic amines is 1. The van der Waals surface area contributed by atoms with Crippen LogP contribution in [-0.2, 0) is 5.41 Å². The second-order valence-electron chi connectivity index (χ2n) is 3.26. The molecule has 0 amide bonds. The molecule has 0 spiro atoms. The van der Waals surface area contributed by atoms with Crippen molar-refractivity contribution in [3.63, 3.8) is 0 Å². The Hall–Kier alpha value is -0.900. The van der Waals surface area contributed by atoms with Crippen molar-refractivity contribution in [2.45, 2.75) is 25.7 Å². The average Bonchev–Trinajstić information content (AvgIpc) is 2.37. The van der Waals surface area contributed by atoms with Crippen LogP contribution in [0.5, 0.6) is 0 Å². The minimum Gasteiger partial charge on any atom is -0.330 e. The number of H-pyrrole nitrogens is 1. The van der Waals surface area contributed by atoms with Gasteiger partial charge in [-0.05, 0) is 13.0 Å². The van der Waals surface area contributed by atoms with Crippen LogP contribution in [0.4, 0.5) is 0 Å². The Morgan fingerprint density at radius 3 is 2.82 bits per heavy atom.